The van der Waals surface area contributed by atoms with E-state index in [0.29, 0.717) is 19.3 Å². The van der Waals surface area contributed by atoms with Crippen molar-refractivity contribution in [2.24, 2.45) is 0 Å². The maximum atomic E-state index is 8.93. The molecule has 0 spiro atoms. The van der Waals surface area contributed by atoms with Gasteiger partial charge in [-0.2, -0.15) is 0 Å². The van der Waals surface area contributed by atoms with Crippen molar-refractivity contribution < 1.29 is 15.3 Å². The minimum Gasteiger partial charge on any atom is -0.393 e. The number of hydrogen-bond donors (Lipinski definition) is 3. The summed E-state index contributed by atoms with van der Waals surface area (Å²) in [5.41, 5.74) is 0. The van der Waals surface area contributed by atoms with E-state index in [1.807, 2.05) is 0 Å². The average Bonchev–Trinajstić information content (AvgIpc) is 1.59. The predicted molar refractivity (Wildman–Crippen MR) is 31.9 cm³/mol. The van der Waals surface area contributed by atoms with Crippen LogP contribution in [0.5, 0.6) is 0 Å². The molecule has 0 amide bonds. The molecule has 54 valence electrons. The lowest BCUT2D eigenvalue weighted by Gasteiger charge is -2.25. The minimum atomic E-state index is -0.510. The Morgan fingerprint density at radius 3 is 1.11 bits per heavy atom. The first kappa shape index (κ1) is 6.99. The molecule has 3 N–H and O–H groups in total. The zero-order valence-electron chi connectivity index (χ0n) is 5.20. The van der Waals surface area contributed by atoms with Crippen LogP contribution in [0.1, 0.15) is 19.3 Å². The molecule has 0 aromatic heterocycles. The Morgan fingerprint density at radius 1 is 0.667 bits per heavy atom. The molecule has 0 atom stereocenters. The van der Waals surface area contributed by atoms with Crippen molar-refractivity contribution in [2.45, 2.75) is 37.6 Å². The monoisotopic (exact) mass is 132 g/mol. The van der Waals surface area contributed by atoms with Crippen molar-refractivity contribution >= 4 is 0 Å². The van der Waals surface area contributed by atoms with Crippen LogP contribution in [0.4, 0.5) is 0 Å². The van der Waals surface area contributed by atoms with E-state index < -0.39 is 18.3 Å². The summed E-state index contributed by atoms with van der Waals surface area (Å²) in [7, 11) is 0. The van der Waals surface area contributed by atoms with Gasteiger partial charge in [-0.05, 0) is 19.3 Å². The maximum Gasteiger partial charge on any atom is 0.0589 e. The highest BCUT2D eigenvalue weighted by atomic mass is 16.3. The Bertz CT molecular complexity index is 69.3. The van der Waals surface area contributed by atoms with Gasteiger partial charge in [0.15, 0.2) is 0 Å². The smallest absolute Gasteiger partial charge is 0.0589 e. The van der Waals surface area contributed by atoms with Crippen molar-refractivity contribution in [1.82, 2.24) is 0 Å². The summed E-state index contributed by atoms with van der Waals surface area (Å²) in [6.45, 7) is 0. The molecule has 0 aromatic carbocycles. The van der Waals surface area contributed by atoms with Crippen LogP contribution >= 0.6 is 0 Å². The summed E-state index contributed by atoms with van der Waals surface area (Å²) in [5, 5.41) is 26.8. The summed E-state index contributed by atoms with van der Waals surface area (Å²) in [6, 6.07) is 0. The first-order chi connectivity index (χ1) is 4.18. The summed E-state index contributed by atoms with van der Waals surface area (Å²) < 4.78 is 0. The van der Waals surface area contributed by atoms with Crippen molar-refractivity contribution in [3.8, 4) is 0 Å². The van der Waals surface area contributed by atoms with Crippen molar-refractivity contribution in [2.75, 3.05) is 0 Å². The van der Waals surface area contributed by atoms with E-state index in [1.54, 1.807) is 0 Å². The van der Waals surface area contributed by atoms with Crippen molar-refractivity contribution in [1.29, 1.82) is 0 Å². The third-order valence-electron chi connectivity index (χ3n) is 1.63. The number of hydrogen-bond acceptors (Lipinski definition) is 3. The largest absolute Gasteiger partial charge is 0.393 e. The van der Waals surface area contributed by atoms with E-state index in [-0.39, 0.29) is 0 Å². The first-order valence-electron chi connectivity index (χ1n) is 3.22. The lowest BCUT2D eigenvalue weighted by atomic mass is 9.93. The quantitative estimate of drug-likeness (QED) is 0.406. The highest BCUT2D eigenvalue weighted by molar-refractivity contribution is 4.76. The topological polar surface area (TPSA) is 60.7 Å². The van der Waals surface area contributed by atoms with E-state index in [9.17, 15) is 0 Å². The standard InChI is InChI=1S/C6H12O3/c7-4-1-5(8)3-6(9)2-4/h4-9H,1-3H2/t4-,5-,6-. The third kappa shape index (κ3) is 1.93. The fourth-order valence-electron chi connectivity index (χ4n) is 1.23. The van der Waals surface area contributed by atoms with Crippen molar-refractivity contribution in [3.63, 3.8) is 0 Å². The molecule has 1 fully saturated rings. The summed E-state index contributed by atoms with van der Waals surface area (Å²) >= 11 is 0. The molecule has 1 aliphatic carbocycles. The minimum absolute atomic E-state index is 0.414. The van der Waals surface area contributed by atoms with Gasteiger partial charge in [0, 0.05) is 0 Å². The average molecular weight is 132 g/mol. The van der Waals surface area contributed by atoms with Crippen LogP contribution in [0.15, 0.2) is 0 Å². The fourth-order valence-corrected chi connectivity index (χ4v) is 1.23. The zero-order chi connectivity index (χ0) is 6.85. The zero-order valence-corrected chi connectivity index (χ0v) is 5.20. The second kappa shape index (κ2) is 2.64. The molecule has 9 heavy (non-hydrogen) atoms. The summed E-state index contributed by atoms with van der Waals surface area (Å²) in [4.78, 5) is 0. The molecule has 3 heteroatoms. The lowest BCUT2D eigenvalue weighted by molar-refractivity contribution is -0.0247. The van der Waals surface area contributed by atoms with Crippen LogP contribution in [0, 0.1) is 0 Å². The number of aliphatic hydroxyl groups excluding tert-OH is 3. The molecule has 0 radical (unpaired) electrons. The van der Waals surface area contributed by atoms with Crippen LogP contribution in [0.3, 0.4) is 0 Å². The van der Waals surface area contributed by atoms with Crippen LogP contribution in [-0.4, -0.2) is 33.6 Å². The van der Waals surface area contributed by atoms with Crippen molar-refractivity contribution in [3.05, 3.63) is 0 Å². The van der Waals surface area contributed by atoms with Gasteiger partial charge in [-0.15, -0.1) is 0 Å². The van der Waals surface area contributed by atoms with Gasteiger partial charge in [-0.25, -0.2) is 0 Å². The lowest BCUT2D eigenvalue weighted by Crippen LogP contribution is -2.32. The third-order valence-corrected chi connectivity index (χ3v) is 1.63. The Balaban J connectivity index is 2.34. The van der Waals surface area contributed by atoms with Gasteiger partial charge >= 0.3 is 0 Å². The second-order valence-electron chi connectivity index (χ2n) is 2.67. The summed E-state index contributed by atoms with van der Waals surface area (Å²) in [5.74, 6) is 0. The van der Waals surface area contributed by atoms with Crippen LogP contribution < -0.4 is 0 Å². The molecular weight excluding hydrogens is 120 g/mol. The molecular formula is C6H12O3. The van der Waals surface area contributed by atoms with Gasteiger partial charge in [-0.3, -0.25) is 0 Å². The Morgan fingerprint density at radius 2 is 0.889 bits per heavy atom. The van der Waals surface area contributed by atoms with E-state index in [0.717, 1.165) is 0 Å². The molecule has 1 aliphatic rings. The van der Waals surface area contributed by atoms with Gasteiger partial charge in [0.05, 0.1) is 18.3 Å². The Labute approximate surface area is 53.9 Å². The second-order valence-corrected chi connectivity index (χ2v) is 2.67. The van der Waals surface area contributed by atoms with Crippen LogP contribution in [0.25, 0.3) is 0 Å². The summed E-state index contributed by atoms with van der Waals surface area (Å²) in [6.07, 6.45) is -0.290. The van der Waals surface area contributed by atoms with Gasteiger partial charge < -0.3 is 15.3 Å². The first-order valence-corrected chi connectivity index (χ1v) is 3.22. The Kier molecular flexibility index (Phi) is 2.05. The molecule has 0 saturated heterocycles. The molecule has 1 saturated carbocycles. The van der Waals surface area contributed by atoms with E-state index in [2.05, 4.69) is 0 Å². The van der Waals surface area contributed by atoms with Gasteiger partial charge in [0.1, 0.15) is 0 Å². The SMILES string of the molecule is O[C@H]1C[C@H](O)C[C@@H](O)C1. The molecule has 0 unspecified atom stereocenters. The molecule has 0 heterocycles. The number of rotatable bonds is 0. The normalized spacial score (nSPS) is 45.0. The molecule has 0 aliphatic heterocycles. The molecule has 1 rings (SSSR count). The van der Waals surface area contributed by atoms with E-state index in [4.69, 9.17) is 15.3 Å². The number of aliphatic hydroxyl groups is 3. The Hall–Kier alpha value is -0.120. The van der Waals surface area contributed by atoms with Gasteiger partial charge in [0.25, 0.3) is 0 Å². The van der Waals surface area contributed by atoms with Crippen LogP contribution in [-0.2, 0) is 0 Å². The van der Waals surface area contributed by atoms with E-state index >= 15 is 0 Å². The van der Waals surface area contributed by atoms with E-state index in [1.165, 1.54) is 0 Å². The molecule has 0 bridgehead atoms. The molecule has 3 nitrogen and oxygen atoms in total. The fraction of sp³-hybridized carbons (Fsp3) is 1.00. The predicted octanol–water partition coefficient (Wildman–Crippen LogP) is -0.747. The highest BCUT2D eigenvalue weighted by Gasteiger charge is 2.24. The highest BCUT2D eigenvalue weighted by Crippen LogP contribution is 2.18. The maximum absolute atomic E-state index is 8.93. The molecule has 0 aromatic rings. The van der Waals surface area contributed by atoms with Gasteiger partial charge in [0.2, 0.25) is 0 Å². The van der Waals surface area contributed by atoms with Gasteiger partial charge in [-0.1, -0.05) is 0 Å². The van der Waals surface area contributed by atoms with Crippen LogP contribution in [0.2, 0.25) is 0 Å².